The molecule has 0 aliphatic rings. The molecule has 2 amide bonds. The summed E-state index contributed by atoms with van der Waals surface area (Å²) in [6.45, 7) is 0. The largest absolute Gasteiger partial charge is 0.317 e. The summed E-state index contributed by atoms with van der Waals surface area (Å²) in [5.74, 6) is -2.17. The summed E-state index contributed by atoms with van der Waals surface area (Å²) in [5.41, 5.74) is 0.598. The lowest BCUT2D eigenvalue weighted by molar-refractivity contribution is 0.0989. The number of amides is 2. The number of aryl methyl sites for hydroxylation is 2. The highest BCUT2D eigenvalue weighted by molar-refractivity contribution is 7.16. The molecule has 0 saturated heterocycles. The van der Waals surface area contributed by atoms with Crippen LogP contribution in [-0.2, 0) is 14.1 Å². The Morgan fingerprint density at radius 2 is 1.15 bits per heavy atom. The van der Waals surface area contributed by atoms with Crippen molar-refractivity contribution in [3.8, 4) is 0 Å². The number of fused-ring (bicyclic) bond motifs is 2. The number of hydrogen-bond acceptors (Lipinski definition) is 5. The molecule has 0 unspecified atom stereocenters. The number of aromatic nitrogens is 3. The first kappa shape index (κ1) is 22.0. The number of thiazole rings is 2. The number of rotatable bonds is 2. The van der Waals surface area contributed by atoms with Crippen molar-refractivity contribution in [1.29, 1.82) is 0 Å². The first-order valence-electron chi connectivity index (χ1n) is 9.97. The van der Waals surface area contributed by atoms with E-state index in [9.17, 15) is 18.4 Å². The highest BCUT2D eigenvalue weighted by Gasteiger charge is 2.15. The van der Waals surface area contributed by atoms with Crippen LogP contribution in [0.4, 0.5) is 8.78 Å². The molecule has 3 aromatic heterocycles. The third-order valence-corrected chi connectivity index (χ3v) is 7.32. The number of nitrogens with zero attached hydrogens (tertiary/aromatic N) is 5. The first-order chi connectivity index (χ1) is 16.3. The van der Waals surface area contributed by atoms with Gasteiger partial charge in [0.2, 0.25) is 0 Å². The second-order valence-electron chi connectivity index (χ2n) is 7.30. The maximum atomic E-state index is 14.1. The topological polar surface area (TPSA) is 81.6 Å². The zero-order valence-corrected chi connectivity index (χ0v) is 19.5. The van der Waals surface area contributed by atoms with Crippen molar-refractivity contribution in [3.05, 3.63) is 87.2 Å². The third-order valence-electron chi connectivity index (χ3n) is 5.13. The van der Waals surface area contributed by atoms with E-state index in [1.54, 1.807) is 38.4 Å². The van der Waals surface area contributed by atoms with Gasteiger partial charge in [0.15, 0.2) is 9.60 Å². The summed E-state index contributed by atoms with van der Waals surface area (Å²) in [6, 6.07) is 13.7. The molecule has 0 spiro atoms. The summed E-state index contributed by atoms with van der Waals surface area (Å²) in [4.78, 5) is 38.4. The van der Waals surface area contributed by atoms with Gasteiger partial charge in [0.05, 0.1) is 20.4 Å². The van der Waals surface area contributed by atoms with Crippen LogP contribution in [0.3, 0.4) is 0 Å². The summed E-state index contributed by atoms with van der Waals surface area (Å²) >= 11 is 2.34. The minimum absolute atomic E-state index is 0.0502. The van der Waals surface area contributed by atoms with Gasteiger partial charge in [-0.1, -0.05) is 40.9 Å². The third kappa shape index (κ3) is 3.78. The Balaban J connectivity index is 1.51. The molecule has 170 valence electrons. The van der Waals surface area contributed by atoms with E-state index in [0.29, 0.717) is 30.0 Å². The number of benzene rings is 2. The van der Waals surface area contributed by atoms with Gasteiger partial charge in [0.25, 0.3) is 11.8 Å². The number of carbonyl (C=O) groups is 2. The van der Waals surface area contributed by atoms with E-state index in [0.717, 1.165) is 0 Å². The Hall–Kier alpha value is -3.83. The molecule has 0 aliphatic heterocycles. The Morgan fingerprint density at radius 3 is 1.56 bits per heavy atom. The fourth-order valence-electron chi connectivity index (χ4n) is 3.49. The van der Waals surface area contributed by atoms with Gasteiger partial charge < -0.3 is 9.13 Å². The van der Waals surface area contributed by atoms with Crippen molar-refractivity contribution in [3.63, 3.8) is 0 Å². The van der Waals surface area contributed by atoms with E-state index in [1.807, 2.05) is 0 Å². The molecule has 0 bridgehead atoms. The number of halogens is 2. The number of para-hydroxylation sites is 2. The standard InChI is InChI=1S/C23H15F2N5O2S2/c1-29-18-12(24)6-3-10-16(18)33-22(29)27-20(31)14-8-5-9-15(26-14)21(32)28-23-30(2)19-13(25)7-4-11-17(19)34-23/h3-11H,1-2H3. The molecule has 5 rings (SSSR count). The molecule has 5 aromatic rings. The van der Waals surface area contributed by atoms with E-state index < -0.39 is 23.4 Å². The molecule has 0 radical (unpaired) electrons. The molecule has 0 fully saturated rings. The normalized spacial score (nSPS) is 12.7. The SMILES string of the molecule is Cn1c(=NC(=O)c2cccc(C(=O)N=c3sc4cccc(F)c4n3C)n2)sc2cccc(F)c21. The van der Waals surface area contributed by atoms with Crippen LogP contribution in [0.25, 0.3) is 20.4 Å². The van der Waals surface area contributed by atoms with E-state index in [-0.39, 0.29) is 11.4 Å². The van der Waals surface area contributed by atoms with Crippen LogP contribution in [0.1, 0.15) is 21.0 Å². The minimum atomic E-state index is -0.674. The molecular weight excluding hydrogens is 480 g/mol. The molecule has 0 atom stereocenters. The zero-order chi connectivity index (χ0) is 24.0. The molecule has 2 aromatic carbocycles. The number of hydrogen-bond donors (Lipinski definition) is 0. The Morgan fingerprint density at radius 1 is 0.735 bits per heavy atom. The fourth-order valence-corrected chi connectivity index (χ4v) is 5.55. The van der Waals surface area contributed by atoms with E-state index in [2.05, 4.69) is 15.0 Å². The number of pyridine rings is 1. The molecule has 11 heteroatoms. The predicted molar refractivity (Wildman–Crippen MR) is 126 cm³/mol. The van der Waals surface area contributed by atoms with Crippen molar-refractivity contribution >= 4 is 54.9 Å². The van der Waals surface area contributed by atoms with Gasteiger partial charge in [-0.15, -0.1) is 0 Å². The highest BCUT2D eigenvalue weighted by atomic mass is 32.1. The van der Waals surface area contributed by atoms with Crippen molar-refractivity contribution in [1.82, 2.24) is 14.1 Å². The maximum Gasteiger partial charge on any atom is 0.298 e. The van der Waals surface area contributed by atoms with Gasteiger partial charge in [-0.3, -0.25) is 9.59 Å². The second-order valence-corrected chi connectivity index (χ2v) is 9.32. The van der Waals surface area contributed by atoms with Gasteiger partial charge in [0, 0.05) is 14.1 Å². The minimum Gasteiger partial charge on any atom is -0.317 e. The predicted octanol–water partition coefficient (Wildman–Crippen LogP) is 3.95. The molecule has 0 saturated carbocycles. The van der Waals surface area contributed by atoms with E-state index >= 15 is 0 Å². The fraction of sp³-hybridized carbons (Fsp3) is 0.0870. The Labute approximate surface area is 198 Å². The summed E-state index contributed by atoms with van der Waals surface area (Å²) in [5, 5.41) is 0. The van der Waals surface area contributed by atoms with Gasteiger partial charge in [0.1, 0.15) is 23.0 Å². The van der Waals surface area contributed by atoms with Crippen molar-refractivity contribution in [2.75, 3.05) is 0 Å². The lowest BCUT2D eigenvalue weighted by Crippen LogP contribution is -2.16. The van der Waals surface area contributed by atoms with Crippen LogP contribution in [-0.4, -0.2) is 25.9 Å². The smallest absolute Gasteiger partial charge is 0.298 e. The molecule has 7 nitrogen and oxygen atoms in total. The Bertz CT molecular complexity index is 1640. The Kier molecular flexibility index (Phi) is 5.50. The van der Waals surface area contributed by atoms with Gasteiger partial charge in [-0.2, -0.15) is 9.98 Å². The quantitative estimate of drug-likeness (QED) is 0.372. The maximum absolute atomic E-state index is 14.1. The summed E-state index contributed by atoms with van der Waals surface area (Å²) in [7, 11) is 3.24. The first-order valence-corrected chi connectivity index (χ1v) is 11.6. The molecule has 3 heterocycles. The van der Waals surface area contributed by atoms with Crippen LogP contribution >= 0.6 is 22.7 Å². The van der Waals surface area contributed by atoms with E-state index in [1.165, 1.54) is 62.1 Å². The van der Waals surface area contributed by atoms with Gasteiger partial charge in [-0.05, 0) is 36.4 Å². The summed E-state index contributed by atoms with van der Waals surface area (Å²) < 4.78 is 32.6. The van der Waals surface area contributed by atoms with Crippen molar-refractivity contribution in [2.45, 2.75) is 0 Å². The lowest BCUT2D eigenvalue weighted by Gasteiger charge is -1.99. The number of carbonyl (C=O) groups excluding carboxylic acids is 2. The highest BCUT2D eigenvalue weighted by Crippen LogP contribution is 2.20. The molecule has 34 heavy (non-hydrogen) atoms. The van der Waals surface area contributed by atoms with Gasteiger partial charge in [-0.25, -0.2) is 13.8 Å². The van der Waals surface area contributed by atoms with Crippen LogP contribution in [0, 0.1) is 11.6 Å². The van der Waals surface area contributed by atoms with Crippen LogP contribution in [0.15, 0.2) is 64.6 Å². The van der Waals surface area contributed by atoms with Crippen LogP contribution < -0.4 is 9.60 Å². The summed E-state index contributed by atoms with van der Waals surface area (Å²) in [6.07, 6.45) is 0. The lowest BCUT2D eigenvalue weighted by atomic mass is 10.3. The van der Waals surface area contributed by atoms with E-state index in [4.69, 9.17) is 0 Å². The van der Waals surface area contributed by atoms with Crippen LogP contribution in [0.5, 0.6) is 0 Å². The average Bonchev–Trinajstić information content (AvgIpc) is 3.31. The van der Waals surface area contributed by atoms with Gasteiger partial charge >= 0.3 is 0 Å². The molecular formula is C23H15F2N5O2S2. The molecule has 0 aliphatic carbocycles. The van der Waals surface area contributed by atoms with Crippen LogP contribution in [0.2, 0.25) is 0 Å². The van der Waals surface area contributed by atoms with Crippen molar-refractivity contribution in [2.24, 2.45) is 24.1 Å². The average molecular weight is 496 g/mol. The zero-order valence-electron chi connectivity index (χ0n) is 17.8. The van der Waals surface area contributed by atoms with Crippen molar-refractivity contribution < 1.29 is 18.4 Å². The second kappa shape index (κ2) is 8.50. The molecule has 0 N–H and O–H groups in total. The monoisotopic (exact) mass is 495 g/mol.